The number of hydrogen-bond acceptors (Lipinski definition) is 4. The first-order valence-electron chi connectivity index (χ1n) is 9.23. The van der Waals surface area contributed by atoms with E-state index in [0.29, 0.717) is 19.4 Å². The predicted octanol–water partition coefficient (Wildman–Crippen LogP) is 3.49. The Morgan fingerprint density at radius 2 is 2.19 bits per heavy atom. The van der Waals surface area contributed by atoms with Gasteiger partial charge in [-0.15, -0.1) is 0 Å². The van der Waals surface area contributed by atoms with Gasteiger partial charge in [0, 0.05) is 12.2 Å². The lowest BCUT2D eigenvalue weighted by Gasteiger charge is -2.44. The van der Waals surface area contributed by atoms with E-state index in [9.17, 15) is 9.59 Å². The van der Waals surface area contributed by atoms with Crippen LogP contribution in [0, 0.1) is 0 Å². The van der Waals surface area contributed by atoms with Crippen LogP contribution in [-0.4, -0.2) is 35.2 Å². The van der Waals surface area contributed by atoms with Crippen LogP contribution in [0.4, 0.5) is 10.5 Å². The molecule has 27 heavy (non-hydrogen) atoms. The number of pyridine rings is 1. The summed E-state index contributed by atoms with van der Waals surface area (Å²) in [5.41, 5.74) is 1.55. The summed E-state index contributed by atoms with van der Waals surface area (Å²) in [7, 11) is 0. The van der Waals surface area contributed by atoms with E-state index in [1.807, 2.05) is 45.9 Å². The largest absolute Gasteiger partial charge is 0.444 e. The Bertz CT molecular complexity index is 801. The highest BCUT2D eigenvalue weighted by Crippen LogP contribution is 2.53. The van der Waals surface area contributed by atoms with E-state index in [0.717, 1.165) is 16.8 Å². The minimum atomic E-state index is -0.589. The van der Waals surface area contributed by atoms with Gasteiger partial charge in [-0.3, -0.25) is 9.78 Å². The van der Waals surface area contributed by atoms with E-state index in [4.69, 9.17) is 4.74 Å². The van der Waals surface area contributed by atoms with Crippen LogP contribution in [0.25, 0.3) is 0 Å². The summed E-state index contributed by atoms with van der Waals surface area (Å²) < 4.78 is 5.32. The average molecular weight is 369 g/mol. The number of rotatable bonds is 4. The average Bonchev–Trinajstić information content (AvgIpc) is 2.76. The molecule has 1 aromatic rings. The molecule has 0 saturated heterocycles. The van der Waals surface area contributed by atoms with Crippen LogP contribution >= 0.6 is 0 Å². The van der Waals surface area contributed by atoms with Crippen molar-refractivity contribution in [3.8, 4) is 0 Å². The van der Waals surface area contributed by atoms with Crippen molar-refractivity contribution in [2.75, 3.05) is 11.4 Å². The molecule has 2 heterocycles. The Morgan fingerprint density at radius 1 is 1.48 bits per heavy atom. The Balaban J connectivity index is 1.75. The first-order valence-corrected chi connectivity index (χ1v) is 9.23. The number of fused-ring (bicyclic) bond motifs is 2. The molecule has 2 amide bonds. The minimum absolute atomic E-state index is 0.0541. The number of anilines is 1. The van der Waals surface area contributed by atoms with E-state index in [1.165, 1.54) is 0 Å². The molecule has 144 valence electrons. The SMILES string of the molecule is C=C(/C=C\C)CN1C(=O)C2(CC(NC(=O)OC(C)(C)C)C2)c2ccncc21. The van der Waals surface area contributed by atoms with Gasteiger partial charge in [-0.05, 0) is 57.7 Å². The van der Waals surface area contributed by atoms with Gasteiger partial charge in [0.1, 0.15) is 5.60 Å². The van der Waals surface area contributed by atoms with Gasteiger partial charge in [-0.25, -0.2) is 4.79 Å². The van der Waals surface area contributed by atoms with Crippen LogP contribution in [0.3, 0.4) is 0 Å². The highest BCUT2D eigenvalue weighted by molar-refractivity contribution is 6.09. The summed E-state index contributed by atoms with van der Waals surface area (Å²) in [6.45, 7) is 11.9. The molecule has 1 saturated carbocycles. The van der Waals surface area contributed by atoms with Crippen molar-refractivity contribution in [3.63, 3.8) is 0 Å². The number of carbonyl (C=O) groups is 2. The Morgan fingerprint density at radius 3 is 2.81 bits per heavy atom. The lowest BCUT2D eigenvalue weighted by atomic mass is 9.62. The molecule has 6 nitrogen and oxygen atoms in total. The van der Waals surface area contributed by atoms with Crippen molar-refractivity contribution >= 4 is 17.7 Å². The van der Waals surface area contributed by atoms with Crippen LogP contribution in [0.2, 0.25) is 0 Å². The summed E-state index contributed by atoms with van der Waals surface area (Å²) >= 11 is 0. The molecule has 6 heteroatoms. The van der Waals surface area contributed by atoms with Crippen LogP contribution in [0.15, 0.2) is 42.8 Å². The van der Waals surface area contributed by atoms with Gasteiger partial charge in [-0.2, -0.15) is 0 Å². The zero-order valence-corrected chi connectivity index (χ0v) is 16.4. The van der Waals surface area contributed by atoms with Gasteiger partial charge in [0.05, 0.1) is 23.8 Å². The Kier molecular flexibility index (Phi) is 4.84. The smallest absolute Gasteiger partial charge is 0.407 e. The molecule has 3 rings (SSSR count). The van der Waals surface area contributed by atoms with E-state index in [-0.39, 0.29) is 11.9 Å². The molecule has 1 aliphatic carbocycles. The fourth-order valence-electron chi connectivity index (χ4n) is 3.89. The molecule has 1 N–H and O–H groups in total. The van der Waals surface area contributed by atoms with Crippen LogP contribution < -0.4 is 10.2 Å². The van der Waals surface area contributed by atoms with Crippen molar-refractivity contribution in [2.45, 2.75) is 57.6 Å². The third-order valence-corrected chi connectivity index (χ3v) is 4.94. The molecule has 0 unspecified atom stereocenters. The number of nitrogens with zero attached hydrogens (tertiary/aromatic N) is 2. The number of hydrogen-bond donors (Lipinski definition) is 1. The van der Waals surface area contributed by atoms with Crippen LogP contribution in [-0.2, 0) is 14.9 Å². The number of alkyl carbamates (subject to hydrolysis) is 1. The van der Waals surface area contributed by atoms with Crippen molar-refractivity contribution in [1.82, 2.24) is 10.3 Å². The van der Waals surface area contributed by atoms with Crippen molar-refractivity contribution in [1.29, 1.82) is 0 Å². The molecule has 1 spiro atoms. The summed E-state index contributed by atoms with van der Waals surface area (Å²) in [6, 6.07) is 1.83. The lowest BCUT2D eigenvalue weighted by Crippen LogP contribution is -2.58. The van der Waals surface area contributed by atoms with Crippen molar-refractivity contribution < 1.29 is 14.3 Å². The van der Waals surface area contributed by atoms with E-state index in [1.54, 1.807) is 17.3 Å². The fourth-order valence-corrected chi connectivity index (χ4v) is 3.89. The number of nitrogens with one attached hydrogen (secondary N) is 1. The van der Waals surface area contributed by atoms with Crippen molar-refractivity contribution in [3.05, 3.63) is 48.3 Å². The molecule has 1 aliphatic heterocycles. The maximum absolute atomic E-state index is 13.3. The predicted molar refractivity (Wildman–Crippen MR) is 105 cm³/mol. The molecular weight excluding hydrogens is 342 g/mol. The molecule has 0 aromatic carbocycles. The van der Waals surface area contributed by atoms with E-state index < -0.39 is 17.1 Å². The summed E-state index contributed by atoms with van der Waals surface area (Å²) in [5.74, 6) is 0.0541. The van der Waals surface area contributed by atoms with Gasteiger partial charge >= 0.3 is 6.09 Å². The maximum Gasteiger partial charge on any atom is 0.407 e. The zero-order valence-electron chi connectivity index (χ0n) is 16.4. The highest BCUT2D eigenvalue weighted by atomic mass is 16.6. The number of ether oxygens (including phenoxy) is 1. The van der Waals surface area contributed by atoms with Crippen molar-refractivity contribution in [2.24, 2.45) is 0 Å². The fraction of sp³-hybridized carbons (Fsp3) is 0.476. The Hall–Kier alpha value is -2.63. The van der Waals surface area contributed by atoms with Gasteiger partial charge in [0.25, 0.3) is 0 Å². The number of allylic oxidation sites excluding steroid dienone is 1. The van der Waals surface area contributed by atoms with Crippen LogP contribution in [0.1, 0.15) is 46.1 Å². The van der Waals surface area contributed by atoms with E-state index >= 15 is 0 Å². The van der Waals surface area contributed by atoms with Gasteiger partial charge < -0.3 is 15.0 Å². The minimum Gasteiger partial charge on any atom is -0.444 e. The molecular formula is C21H27N3O3. The third-order valence-electron chi connectivity index (χ3n) is 4.94. The molecule has 0 atom stereocenters. The third kappa shape index (κ3) is 3.61. The standard InChI is InChI=1S/C21H27N3O3/c1-6-7-14(2)13-24-17-12-22-9-8-16(17)21(18(24)25)10-15(11-21)23-19(26)27-20(3,4)5/h6-9,12,15H,2,10-11,13H2,1,3-5H3,(H,23,26)/b7-6-. The molecule has 1 fully saturated rings. The number of carbonyl (C=O) groups excluding carboxylic acids is 2. The van der Waals surface area contributed by atoms with Gasteiger partial charge in [-0.1, -0.05) is 18.7 Å². The Labute approximate surface area is 160 Å². The quantitative estimate of drug-likeness (QED) is 0.825. The van der Waals surface area contributed by atoms with Gasteiger partial charge in [0.15, 0.2) is 0 Å². The second kappa shape index (κ2) is 6.83. The maximum atomic E-state index is 13.3. The number of aromatic nitrogens is 1. The van der Waals surface area contributed by atoms with Crippen LogP contribution in [0.5, 0.6) is 0 Å². The van der Waals surface area contributed by atoms with E-state index in [2.05, 4.69) is 16.9 Å². The topological polar surface area (TPSA) is 71.5 Å². The lowest BCUT2D eigenvalue weighted by molar-refractivity contribution is -0.126. The highest BCUT2D eigenvalue weighted by Gasteiger charge is 2.58. The summed E-state index contributed by atoms with van der Waals surface area (Å²) in [4.78, 5) is 31.2. The number of amides is 2. The molecule has 0 radical (unpaired) electrons. The summed E-state index contributed by atoms with van der Waals surface area (Å²) in [5, 5.41) is 2.88. The monoisotopic (exact) mass is 369 g/mol. The summed E-state index contributed by atoms with van der Waals surface area (Å²) in [6.07, 6.45) is 7.95. The molecule has 1 aromatic heterocycles. The first-order chi connectivity index (χ1) is 12.7. The molecule has 2 aliphatic rings. The zero-order chi connectivity index (χ0) is 19.8. The second-order valence-corrected chi connectivity index (χ2v) is 8.28. The van der Waals surface area contributed by atoms with Gasteiger partial charge in [0.2, 0.25) is 5.91 Å². The normalized spacial score (nSPS) is 24.1. The molecule has 0 bridgehead atoms. The first kappa shape index (κ1) is 19.1. The second-order valence-electron chi connectivity index (χ2n) is 8.28.